The maximum Gasteiger partial charge on any atom is 0.390 e. The van der Waals surface area contributed by atoms with Crippen LogP contribution in [0.2, 0.25) is 0 Å². The number of halogens is 3. The third-order valence-corrected chi connectivity index (χ3v) is 7.75. The molecule has 2 aliphatic carbocycles. The molecule has 0 saturated heterocycles. The average molecular weight is 558 g/mol. The first-order valence-corrected chi connectivity index (χ1v) is 13.8. The number of aromatic hydroxyl groups is 1. The van der Waals surface area contributed by atoms with Crippen LogP contribution in [0.4, 0.5) is 19.1 Å². The number of nitrogens with zero attached hydrogens (tertiary/aromatic N) is 5. The Morgan fingerprint density at radius 1 is 1.13 bits per heavy atom. The molecule has 0 unspecified atom stereocenters. The molecular formula is C21H26F3N9O4S. The Morgan fingerprint density at radius 3 is 2.47 bits per heavy atom. The molecule has 0 aromatic carbocycles. The highest BCUT2D eigenvalue weighted by molar-refractivity contribution is 7.89. The largest absolute Gasteiger partial charge is 0.493 e. The van der Waals surface area contributed by atoms with Crippen molar-refractivity contribution in [3.05, 3.63) is 33.2 Å². The fraction of sp³-hybridized carbons (Fsp3) is 0.571. The highest BCUT2D eigenvalue weighted by Crippen LogP contribution is 2.24. The predicted octanol–water partition coefficient (Wildman–Crippen LogP) is 0.0520. The fourth-order valence-electron chi connectivity index (χ4n) is 4.25. The summed E-state index contributed by atoms with van der Waals surface area (Å²) in [5.74, 6) is -1.03. The Labute approximate surface area is 213 Å². The lowest BCUT2D eigenvalue weighted by atomic mass is 9.92. The molecule has 2 saturated carbocycles. The van der Waals surface area contributed by atoms with Gasteiger partial charge < -0.3 is 15.4 Å². The minimum atomic E-state index is -4.53. The van der Waals surface area contributed by atoms with Gasteiger partial charge in [0.2, 0.25) is 21.9 Å². The molecule has 206 valence electrons. The number of aromatic nitrogens is 6. The Bertz CT molecular complexity index is 1600. The lowest BCUT2D eigenvalue weighted by molar-refractivity contribution is -0.130. The molecule has 0 amide bonds. The van der Waals surface area contributed by atoms with Gasteiger partial charge in [0.1, 0.15) is 5.69 Å². The van der Waals surface area contributed by atoms with Crippen molar-refractivity contribution in [1.82, 2.24) is 34.3 Å². The van der Waals surface area contributed by atoms with E-state index >= 15 is 0 Å². The first-order valence-electron chi connectivity index (χ1n) is 12.1. The lowest BCUT2D eigenvalue weighted by Gasteiger charge is -2.29. The number of imidazole rings is 1. The summed E-state index contributed by atoms with van der Waals surface area (Å²) in [6, 6.07) is -0.395. The van der Waals surface area contributed by atoms with Crippen molar-refractivity contribution < 1.29 is 26.7 Å². The number of anilines is 1. The van der Waals surface area contributed by atoms with E-state index in [1.165, 1.54) is 16.8 Å². The lowest BCUT2D eigenvalue weighted by Crippen LogP contribution is -2.41. The van der Waals surface area contributed by atoms with Crippen molar-refractivity contribution in [1.29, 1.82) is 0 Å². The molecule has 0 bridgehead atoms. The highest BCUT2D eigenvalue weighted by Gasteiger charge is 2.32. The van der Waals surface area contributed by atoms with Crippen LogP contribution in [0.5, 0.6) is 5.88 Å². The number of H-pyrrole nitrogens is 2. The van der Waals surface area contributed by atoms with Crippen molar-refractivity contribution in [2.24, 2.45) is 4.99 Å². The topological polar surface area (TPSA) is 183 Å². The van der Waals surface area contributed by atoms with Crippen LogP contribution in [0.1, 0.15) is 50.6 Å². The van der Waals surface area contributed by atoms with E-state index in [0.29, 0.717) is 42.2 Å². The van der Waals surface area contributed by atoms with Gasteiger partial charge in [-0.15, -0.1) is 0 Å². The summed E-state index contributed by atoms with van der Waals surface area (Å²) in [7, 11) is -4.03. The first-order chi connectivity index (χ1) is 17.9. The number of hydrogen-bond donors (Lipinski definition) is 5. The third-order valence-electron chi connectivity index (χ3n) is 6.32. The van der Waals surface area contributed by atoms with Gasteiger partial charge in [0.15, 0.2) is 5.65 Å². The minimum Gasteiger partial charge on any atom is -0.493 e. The van der Waals surface area contributed by atoms with E-state index in [9.17, 15) is 31.5 Å². The molecule has 17 heteroatoms. The molecule has 3 aromatic rings. The number of sulfonamides is 1. The Kier molecular flexibility index (Phi) is 6.89. The molecule has 3 aromatic heterocycles. The van der Waals surface area contributed by atoms with E-state index < -0.39 is 40.1 Å². The van der Waals surface area contributed by atoms with Crippen LogP contribution in [0.3, 0.4) is 0 Å². The van der Waals surface area contributed by atoms with Gasteiger partial charge in [-0.1, -0.05) is 0 Å². The molecule has 5 N–H and O–H groups in total. The monoisotopic (exact) mass is 557 g/mol. The van der Waals surface area contributed by atoms with E-state index in [1.807, 2.05) is 0 Å². The van der Waals surface area contributed by atoms with Crippen molar-refractivity contribution >= 4 is 27.7 Å². The zero-order valence-electron chi connectivity index (χ0n) is 20.0. The van der Waals surface area contributed by atoms with Crippen molar-refractivity contribution in [3.8, 4) is 5.88 Å². The number of rotatable bonds is 8. The number of fused-ring (bicyclic) bond motifs is 1. The van der Waals surface area contributed by atoms with E-state index in [-0.39, 0.29) is 29.6 Å². The molecule has 2 aliphatic rings. The fourth-order valence-corrected chi connectivity index (χ4v) is 5.61. The van der Waals surface area contributed by atoms with Crippen LogP contribution in [0, 0.1) is 0 Å². The average Bonchev–Trinajstić information content (AvgIpc) is 3.47. The third kappa shape index (κ3) is 6.50. The van der Waals surface area contributed by atoms with Crippen molar-refractivity contribution in [2.45, 2.75) is 69.2 Å². The van der Waals surface area contributed by atoms with Gasteiger partial charge in [-0.25, -0.2) is 22.9 Å². The zero-order valence-corrected chi connectivity index (χ0v) is 20.8. The molecule has 5 rings (SSSR count). The molecular weight excluding hydrogens is 531 g/mol. The summed E-state index contributed by atoms with van der Waals surface area (Å²) in [6.45, 7) is 0. The van der Waals surface area contributed by atoms with Crippen LogP contribution in [-0.4, -0.2) is 73.1 Å². The predicted molar refractivity (Wildman–Crippen MR) is 128 cm³/mol. The Morgan fingerprint density at radius 2 is 1.84 bits per heavy atom. The van der Waals surface area contributed by atoms with Gasteiger partial charge in [-0.05, 0) is 44.6 Å². The standard InChI is InChI=1S/C21H26F3N9O4S/c22-21(23,24)7-8-38(36,37)32-14-5-3-12(4-6-14)26-18-29-16-11(9-15-17(34)30-20(35)28-15)10-25-33(16)19(31-18)27-13-1-2-13/h9-10,12-14,32,34H,1-8H2,(H,26,27,31)(H2,28,30,35)/b11-9-. The molecule has 0 radical (unpaired) electrons. The van der Waals surface area contributed by atoms with Crippen LogP contribution in [0.15, 0.2) is 16.0 Å². The van der Waals surface area contributed by atoms with Crippen molar-refractivity contribution in [3.63, 3.8) is 0 Å². The second-order valence-electron chi connectivity index (χ2n) is 9.52. The van der Waals surface area contributed by atoms with Gasteiger partial charge in [-0.2, -0.15) is 32.8 Å². The minimum absolute atomic E-state index is 0.0948. The molecule has 0 atom stereocenters. The van der Waals surface area contributed by atoms with Gasteiger partial charge in [-0.3, -0.25) is 4.98 Å². The summed E-state index contributed by atoms with van der Waals surface area (Å²) in [4.78, 5) is 29.9. The van der Waals surface area contributed by atoms with Crippen molar-refractivity contribution in [2.75, 3.05) is 11.1 Å². The quantitative estimate of drug-likeness (QED) is 0.257. The summed E-state index contributed by atoms with van der Waals surface area (Å²) < 4.78 is 65.1. The van der Waals surface area contributed by atoms with E-state index in [4.69, 9.17) is 0 Å². The number of aromatic amines is 2. The Balaban J connectivity index is 1.32. The summed E-state index contributed by atoms with van der Waals surface area (Å²) in [6.07, 6.45) is 0.970. The number of alkyl halides is 3. The van der Waals surface area contributed by atoms with E-state index in [0.717, 1.165) is 12.8 Å². The first kappa shape index (κ1) is 26.1. The normalized spacial score (nSPS) is 21.9. The second kappa shape index (κ2) is 10.0. The highest BCUT2D eigenvalue weighted by atomic mass is 32.2. The molecule has 2 fully saturated rings. The second-order valence-corrected chi connectivity index (χ2v) is 11.4. The van der Waals surface area contributed by atoms with Crippen LogP contribution in [-0.2, 0) is 10.0 Å². The maximum atomic E-state index is 12.4. The van der Waals surface area contributed by atoms with Crippen LogP contribution in [0.25, 0.3) is 11.7 Å². The van der Waals surface area contributed by atoms with Crippen LogP contribution < -0.4 is 26.6 Å². The molecule has 0 spiro atoms. The molecule has 0 aliphatic heterocycles. The SMILES string of the molecule is O=c1[nH]c(O)c(/C=c2/cnn3c(=NC4CC4)nc(NC4CCC(NS(=O)(=O)CCC(F)(F)F)CC4)nc23)[nH]1. The smallest absolute Gasteiger partial charge is 0.390 e. The van der Waals surface area contributed by atoms with Gasteiger partial charge in [0, 0.05) is 17.3 Å². The summed E-state index contributed by atoms with van der Waals surface area (Å²) in [5, 5.41) is 18.0. The van der Waals surface area contributed by atoms with Gasteiger partial charge in [0.25, 0.3) is 5.62 Å². The maximum absolute atomic E-state index is 12.4. The van der Waals surface area contributed by atoms with E-state index in [2.05, 4.69) is 40.1 Å². The number of hydrogen-bond acceptors (Lipinski definition) is 9. The number of nitrogens with one attached hydrogen (secondary N) is 4. The summed E-state index contributed by atoms with van der Waals surface area (Å²) in [5.41, 5.74) is 0.339. The van der Waals surface area contributed by atoms with Crippen LogP contribution >= 0.6 is 0 Å². The van der Waals surface area contributed by atoms with Gasteiger partial charge in [0.05, 0.1) is 24.4 Å². The molecule has 13 nitrogen and oxygen atoms in total. The molecule has 38 heavy (non-hydrogen) atoms. The summed E-state index contributed by atoms with van der Waals surface area (Å²) >= 11 is 0. The van der Waals surface area contributed by atoms with E-state index in [1.54, 1.807) is 0 Å². The van der Waals surface area contributed by atoms with Gasteiger partial charge >= 0.3 is 11.9 Å². The zero-order chi connectivity index (χ0) is 27.1. The Hall–Kier alpha value is -3.47. The molecule has 3 heterocycles.